The molecule has 0 atom stereocenters. The van der Waals surface area contributed by atoms with Crippen LogP contribution in [0, 0.1) is 11.3 Å². The van der Waals surface area contributed by atoms with E-state index in [2.05, 4.69) is 17.5 Å². The number of nitrogens with one attached hydrogen (secondary N) is 1. The second kappa shape index (κ2) is 3.85. The fourth-order valence-corrected chi connectivity index (χ4v) is 0.628. The molecule has 0 spiro atoms. The van der Waals surface area contributed by atoms with Crippen molar-refractivity contribution in [1.82, 2.24) is 5.32 Å². The second-order valence-corrected chi connectivity index (χ2v) is 4.13. The topological polar surface area (TPSA) is 55.1 Å². The van der Waals surface area contributed by atoms with Gasteiger partial charge < -0.3 is 11.1 Å². The number of hydrogen-bond donors (Lipinski definition) is 2. The summed E-state index contributed by atoms with van der Waals surface area (Å²) in [6.07, 6.45) is 0. The van der Waals surface area contributed by atoms with Crippen molar-refractivity contribution >= 4 is 23.2 Å². The highest BCUT2D eigenvalue weighted by molar-refractivity contribution is 7.80. The highest BCUT2D eigenvalue weighted by Crippen LogP contribution is 2.25. The lowest BCUT2D eigenvalue weighted by atomic mass is 9.80. The third-order valence-electron chi connectivity index (χ3n) is 2.27. The number of nitrogens with two attached hydrogens (primary N) is 1. The molecule has 4 heteroatoms. The number of amides is 1. The van der Waals surface area contributed by atoms with Gasteiger partial charge in [-0.15, -0.1) is 0 Å². The SMILES string of the molecule is CC(C)C(C)(C)C(=O)NC(N)=S. The Bertz CT molecular complexity index is 199. The fraction of sp³-hybridized carbons (Fsp3) is 0.750. The van der Waals surface area contributed by atoms with Crippen molar-refractivity contribution < 1.29 is 4.79 Å². The number of thiocarbonyl (C=S) groups is 1. The minimum absolute atomic E-state index is 0.0359. The van der Waals surface area contributed by atoms with E-state index in [9.17, 15) is 4.79 Å². The van der Waals surface area contributed by atoms with Crippen LogP contribution in [0.1, 0.15) is 27.7 Å². The van der Waals surface area contributed by atoms with Gasteiger partial charge in [-0.2, -0.15) is 0 Å². The predicted molar refractivity (Wildman–Crippen MR) is 53.5 cm³/mol. The van der Waals surface area contributed by atoms with Crippen LogP contribution < -0.4 is 11.1 Å². The van der Waals surface area contributed by atoms with Crippen LogP contribution in [0.3, 0.4) is 0 Å². The molecule has 0 radical (unpaired) electrons. The van der Waals surface area contributed by atoms with E-state index in [1.807, 2.05) is 27.7 Å². The molecule has 12 heavy (non-hydrogen) atoms. The summed E-state index contributed by atoms with van der Waals surface area (Å²) >= 11 is 4.57. The van der Waals surface area contributed by atoms with Crippen LogP contribution in [0.5, 0.6) is 0 Å². The van der Waals surface area contributed by atoms with Gasteiger partial charge >= 0.3 is 0 Å². The lowest BCUT2D eigenvalue weighted by Gasteiger charge is -2.27. The molecule has 0 aliphatic rings. The molecule has 1 amide bonds. The largest absolute Gasteiger partial charge is 0.376 e. The van der Waals surface area contributed by atoms with Gasteiger partial charge in [0.25, 0.3) is 0 Å². The van der Waals surface area contributed by atoms with Crippen LogP contribution in [0.2, 0.25) is 0 Å². The van der Waals surface area contributed by atoms with E-state index in [1.54, 1.807) is 0 Å². The summed E-state index contributed by atoms with van der Waals surface area (Å²) in [5.41, 5.74) is 4.76. The Hall–Kier alpha value is -0.640. The average Bonchev–Trinajstić information content (AvgIpc) is 1.85. The zero-order valence-electron chi connectivity index (χ0n) is 7.97. The quantitative estimate of drug-likeness (QED) is 0.636. The number of carbonyl (C=O) groups excluding carboxylic acids is 1. The molecule has 0 aliphatic heterocycles. The van der Waals surface area contributed by atoms with Crippen molar-refractivity contribution in [3.63, 3.8) is 0 Å². The van der Waals surface area contributed by atoms with Gasteiger partial charge in [0.2, 0.25) is 5.91 Å². The molecule has 0 heterocycles. The Morgan fingerprint density at radius 1 is 1.50 bits per heavy atom. The molecule has 3 N–H and O–H groups in total. The highest BCUT2D eigenvalue weighted by atomic mass is 32.1. The first-order chi connectivity index (χ1) is 5.28. The third-order valence-corrected chi connectivity index (χ3v) is 2.37. The Balaban J connectivity index is 4.36. The molecule has 0 unspecified atom stereocenters. The molecule has 0 rings (SSSR count). The molecule has 0 aromatic rings. The molecule has 0 saturated carbocycles. The van der Waals surface area contributed by atoms with Gasteiger partial charge in [0, 0.05) is 5.41 Å². The van der Waals surface area contributed by atoms with E-state index in [-0.39, 0.29) is 16.9 Å². The molecule has 0 aromatic heterocycles. The smallest absolute Gasteiger partial charge is 0.232 e. The molecule has 0 aliphatic carbocycles. The first-order valence-electron chi connectivity index (χ1n) is 3.89. The normalized spacial score (nSPS) is 11.4. The summed E-state index contributed by atoms with van der Waals surface area (Å²) in [4.78, 5) is 11.4. The van der Waals surface area contributed by atoms with Crippen molar-refractivity contribution in [2.45, 2.75) is 27.7 Å². The lowest BCUT2D eigenvalue weighted by molar-refractivity contribution is -0.129. The van der Waals surface area contributed by atoms with E-state index >= 15 is 0 Å². The van der Waals surface area contributed by atoms with E-state index in [0.29, 0.717) is 0 Å². The van der Waals surface area contributed by atoms with Crippen LogP contribution in [-0.4, -0.2) is 11.0 Å². The van der Waals surface area contributed by atoms with Gasteiger partial charge in [-0.05, 0) is 18.1 Å². The summed E-state index contributed by atoms with van der Waals surface area (Å²) in [7, 11) is 0. The van der Waals surface area contributed by atoms with Crippen molar-refractivity contribution in [3.05, 3.63) is 0 Å². The van der Waals surface area contributed by atoms with E-state index in [0.717, 1.165) is 0 Å². The average molecular weight is 188 g/mol. The maximum Gasteiger partial charge on any atom is 0.232 e. The van der Waals surface area contributed by atoms with Gasteiger partial charge in [-0.1, -0.05) is 27.7 Å². The van der Waals surface area contributed by atoms with Crippen LogP contribution in [0.4, 0.5) is 0 Å². The van der Waals surface area contributed by atoms with Crippen molar-refractivity contribution in [3.8, 4) is 0 Å². The minimum Gasteiger partial charge on any atom is -0.376 e. The van der Waals surface area contributed by atoms with Crippen molar-refractivity contribution in [2.75, 3.05) is 0 Å². The molecule has 3 nitrogen and oxygen atoms in total. The Morgan fingerprint density at radius 3 is 2.17 bits per heavy atom. The molecule has 0 fully saturated rings. The van der Waals surface area contributed by atoms with Crippen LogP contribution >= 0.6 is 12.2 Å². The van der Waals surface area contributed by atoms with E-state index < -0.39 is 5.41 Å². The molecule has 0 bridgehead atoms. The molecular formula is C8H16N2OS. The monoisotopic (exact) mass is 188 g/mol. The summed E-state index contributed by atoms with van der Waals surface area (Å²) < 4.78 is 0. The maximum absolute atomic E-state index is 11.4. The van der Waals surface area contributed by atoms with Gasteiger partial charge in [0.15, 0.2) is 5.11 Å². The highest BCUT2D eigenvalue weighted by Gasteiger charge is 2.31. The third kappa shape index (κ3) is 2.77. The minimum atomic E-state index is -0.427. The molecule has 0 aromatic carbocycles. The lowest BCUT2D eigenvalue weighted by Crippen LogP contribution is -2.45. The molecule has 0 saturated heterocycles. The summed E-state index contributed by atoms with van der Waals surface area (Å²) in [5, 5.41) is 2.47. The van der Waals surface area contributed by atoms with Crippen LogP contribution in [-0.2, 0) is 4.79 Å². The second-order valence-electron chi connectivity index (χ2n) is 3.69. The van der Waals surface area contributed by atoms with Gasteiger partial charge in [-0.25, -0.2) is 0 Å². The zero-order valence-corrected chi connectivity index (χ0v) is 8.79. The number of hydrogen-bond acceptors (Lipinski definition) is 2. The van der Waals surface area contributed by atoms with Crippen molar-refractivity contribution in [1.29, 1.82) is 0 Å². The van der Waals surface area contributed by atoms with Crippen LogP contribution in [0.25, 0.3) is 0 Å². The van der Waals surface area contributed by atoms with E-state index in [4.69, 9.17) is 5.73 Å². The van der Waals surface area contributed by atoms with Crippen molar-refractivity contribution in [2.24, 2.45) is 17.1 Å². The van der Waals surface area contributed by atoms with Gasteiger partial charge in [0.05, 0.1) is 0 Å². The summed E-state index contributed by atoms with van der Waals surface area (Å²) in [6, 6.07) is 0. The number of carbonyl (C=O) groups is 1. The maximum atomic E-state index is 11.4. The summed E-state index contributed by atoms with van der Waals surface area (Å²) in [5.74, 6) is 0.136. The first kappa shape index (κ1) is 11.4. The predicted octanol–water partition coefficient (Wildman–Crippen LogP) is 1.03. The zero-order chi connectivity index (χ0) is 9.94. The number of rotatable bonds is 2. The standard InChI is InChI=1S/C8H16N2OS/c1-5(2)8(3,4)6(11)10-7(9)12/h5H,1-4H3,(H3,9,10,11,12). The van der Waals surface area contributed by atoms with Crippen LogP contribution in [0.15, 0.2) is 0 Å². The fourth-order valence-electron chi connectivity index (χ4n) is 0.535. The first-order valence-corrected chi connectivity index (χ1v) is 4.30. The molecule has 70 valence electrons. The Kier molecular flexibility index (Phi) is 3.64. The Labute approximate surface area is 78.7 Å². The summed E-state index contributed by atoms with van der Waals surface area (Å²) in [6.45, 7) is 7.70. The van der Waals surface area contributed by atoms with Gasteiger partial charge in [0.1, 0.15) is 0 Å². The molecular weight excluding hydrogens is 172 g/mol. The van der Waals surface area contributed by atoms with E-state index in [1.165, 1.54) is 0 Å². The van der Waals surface area contributed by atoms with Gasteiger partial charge in [-0.3, -0.25) is 4.79 Å². The Morgan fingerprint density at radius 2 is 1.92 bits per heavy atom.